The maximum absolute atomic E-state index is 6.05. The molecule has 0 spiro atoms. The molecular formula is C18H32N2O. The van der Waals surface area contributed by atoms with Gasteiger partial charge in [0.25, 0.3) is 0 Å². The van der Waals surface area contributed by atoms with Gasteiger partial charge in [0.05, 0.1) is 6.20 Å². The molecular weight excluding hydrogens is 260 g/mol. The smallest absolute Gasteiger partial charge is 0.194 e. The number of hydrogen-bond acceptors (Lipinski definition) is 3. The van der Waals surface area contributed by atoms with Crippen molar-refractivity contribution in [1.82, 2.24) is 10.3 Å². The Hall–Kier alpha value is -0.830. The molecule has 1 aliphatic rings. The number of aromatic nitrogens is 1. The van der Waals surface area contributed by atoms with E-state index in [0.29, 0.717) is 11.3 Å². The normalized spacial score (nSPS) is 22.4. The molecule has 0 radical (unpaired) electrons. The van der Waals surface area contributed by atoms with Crippen molar-refractivity contribution in [3.8, 4) is 0 Å². The first-order chi connectivity index (χ1) is 9.78. The molecule has 1 aromatic heterocycles. The molecule has 0 aliphatic heterocycles. The second kappa shape index (κ2) is 6.51. The predicted molar refractivity (Wildman–Crippen MR) is 87.6 cm³/mol. The van der Waals surface area contributed by atoms with E-state index in [4.69, 9.17) is 4.42 Å². The topological polar surface area (TPSA) is 38.1 Å². The zero-order chi connectivity index (χ0) is 15.5. The van der Waals surface area contributed by atoms with E-state index < -0.39 is 0 Å². The average molecular weight is 292 g/mol. The van der Waals surface area contributed by atoms with Crippen molar-refractivity contribution in [1.29, 1.82) is 0 Å². The summed E-state index contributed by atoms with van der Waals surface area (Å²) in [5.41, 5.74) is 0.538. The van der Waals surface area contributed by atoms with Gasteiger partial charge in [-0.1, -0.05) is 26.7 Å². The third-order valence-electron chi connectivity index (χ3n) is 4.64. The zero-order valence-electron chi connectivity index (χ0n) is 14.5. The Morgan fingerprint density at radius 3 is 2.76 bits per heavy atom. The largest absolute Gasteiger partial charge is 0.445 e. The first kappa shape index (κ1) is 16.5. The van der Waals surface area contributed by atoms with E-state index in [9.17, 15) is 0 Å². The van der Waals surface area contributed by atoms with Crippen LogP contribution in [0.5, 0.6) is 0 Å². The fraction of sp³-hybridized carbons (Fsp3) is 0.833. The monoisotopic (exact) mass is 292 g/mol. The van der Waals surface area contributed by atoms with Gasteiger partial charge in [0, 0.05) is 17.9 Å². The second-order valence-electron chi connectivity index (χ2n) is 8.22. The molecule has 0 saturated heterocycles. The molecule has 1 N–H and O–H groups in total. The van der Waals surface area contributed by atoms with Gasteiger partial charge in [-0.3, -0.25) is 0 Å². The standard InChI is InChI=1S/C18H32N2O/c1-17(2,3)20-12-8-10-16-19-13-15(21-16)14-9-6-7-11-18(14,4)5/h13-14,20H,6-12H2,1-5H3. The maximum Gasteiger partial charge on any atom is 0.194 e. The minimum Gasteiger partial charge on any atom is -0.445 e. The van der Waals surface area contributed by atoms with E-state index >= 15 is 0 Å². The quantitative estimate of drug-likeness (QED) is 0.801. The van der Waals surface area contributed by atoms with Gasteiger partial charge in [-0.05, 0) is 52.0 Å². The molecule has 2 rings (SSSR count). The highest BCUT2D eigenvalue weighted by molar-refractivity contribution is 5.08. The third kappa shape index (κ3) is 4.84. The van der Waals surface area contributed by atoms with E-state index in [0.717, 1.165) is 31.0 Å². The number of nitrogens with one attached hydrogen (secondary N) is 1. The van der Waals surface area contributed by atoms with Gasteiger partial charge >= 0.3 is 0 Å². The third-order valence-corrected chi connectivity index (χ3v) is 4.64. The van der Waals surface area contributed by atoms with Gasteiger partial charge in [0.2, 0.25) is 0 Å². The van der Waals surface area contributed by atoms with Crippen molar-refractivity contribution in [3.63, 3.8) is 0 Å². The van der Waals surface area contributed by atoms with Gasteiger partial charge in [-0.2, -0.15) is 0 Å². The van der Waals surface area contributed by atoms with Crippen LogP contribution in [0, 0.1) is 5.41 Å². The van der Waals surface area contributed by atoms with Crippen LogP contribution in [0.2, 0.25) is 0 Å². The van der Waals surface area contributed by atoms with Crippen LogP contribution >= 0.6 is 0 Å². The maximum atomic E-state index is 6.05. The van der Waals surface area contributed by atoms with Crippen LogP contribution in [0.4, 0.5) is 0 Å². The summed E-state index contributed by atoms with van der Waals surface area (Å²) in [4.78, 5) is 4.50. The lowest BCUT2D eigenvalue weighted by molar-refractivity contribution is 0.176. The lowest BCUT2D eigenvalue weighted by atomic mass is 9.68. The van der Waals surface area contributed by atoms with Crippen LogP contribution in [0.15, 0.2) is 10.6 Å². The summed E-state index contributed by atoms with van der Waals surface area (Å²) in [6.45, 7) is 12.3. The summed E-state index contributed by atoms with van der Waals surface area (Å²) in [6, 6.07) is 0. The molecule has 1 unspecified atom stereocenters. The molecule has 1 saturated carbocycles. The summed E-state index contributed by atoms with van der Waals surface area (Å²) >= 11 is 0. The van der Waals surface area contributed by atoms with E-state index in [1.807, 2.05) is 6.20 Å². The minimum atomic E-state index is 0.188. The fourth-order valence-corrected chi connectivity index (χ4v) is 3.33. The zero-order valence-corrected chi connectivity index (χ0v) is 14.5. The molecule has 0 bridgehead atoms. The highest BCUT2D eigenvalue weighted by atomic mass is 16.4. The molecule has 0 amide bonds. The predicted octanol–water partition coefficient (Wildman–Crippen LogP) is 4.68. The SMILES string of the molecule is CC(C)(C)NCCCc1ncc(C2CCCCC2(C)C)o1. The van der Waals surface area contributed by atoms with Gasteiger partial charge in [0.15, 0.2) is 5.89 Å². The van der Waals surface area contributed by atoms with Gasteiger partial charge in [-0.25, -0.2) is 4.98 Å². The Labute approximate surface area is 129 Å². The molecule has 120 valence electrons. The summed E-state index contributed by atoms with van der Waals surface area (Å²) in [7, 11) is 0. The van der Waals surface area contributed by atoms with Crippen molar-refractivity contribution < 1.29 is 4.42 Å². The Morgan fingerprint density at radius 2 is 2.10 bits per heavy atom. The number of rotatable bonds is 5. The number of nitrogens with zero attached hydrogens (tertiary/aromatic N) is 1. The molecule has 1 aliphatic carbocycles. The van der Waals surface area contributed by atoms with Crippen LogP contribution in [0.1, 0.15) is 84.3 Å². The molecule has 1 aromatic rings. The summed E-state index contributed by atoms with van der Waals surface area (Å²) < 4.78 is 6.05. The summed E-state index contributed by atoms with van der Waals surface area (Å²) in [5, 5.41) is 3.51. The van der Waals surface area contributed by atoms with Crippen molar-refractivity contribution in [2.24, 2.45) is 5.41 Å². The minimum absolute atomic E-state index is 0.188. The van der Waals surface area contributed by atoms with E-state index in [1.54, 1.807) is 0 Å². The molecule has 1 heterocycles. The average Bonchev–Trinajstić information content (AvgIpc) is 2.81. The number of oxazole rings is 1. The van der Waals surface area contributed by atoms with Gasteiger partial charge in [-0.15, -0.1) is 0 Å². The second-order valence-corrected chi connectivity index (χ2v) is 8.22. The highest BCUT2D eigenvalue weighted by Gasteiger charge is 2.35. The molecule has 3 nitrogen and oxygen atoms in total. The van der Waals surface area contributed by atoms with E-state index in [1.165, 1.54) is 25.7 Å². The van der Waals surface area contributed by atoms with Crippen molar-refractivity contribution in [2.75, 3.05) is 6.54 Å². The number of aryl methyl sites for hydroxylation is 1. The molecule has 1 fully saturated rings. The lowest BCUT2D eigenvalue weighted by Crippen LogP contribution is -2.36. The Kier molecular flexibility index (Phi) is 5.13. The Bertz CT molecular complexity index is 442. The van der Waals surface area contributed by atoms with Crippen LogP contribution in [0.25, 0.3) is 0 Å². The first-order valence-corrected chi connectivity index (χ1v) is 8.47. The van der Waals surface area contributed by atoms with Crippen molar-refractivity contribution in [2.45, 2.75) is 84.6 Å². The van der Waals surface area contributed by atoms with Crippen LogP contribution < -0.4 is 5.32 Å². The Morgan fingerprint density at radius 1 is 1.33 bits per heavy atom. The van der Waals surface area contributed by atoms with Crippen molar-refractivity contribution in [3.05, 3.63) is 17.8 Å². The first-order valence-electron chi connectivity index (χ1n) is 8.47. The van der Waals surface area contributed by atoms with Crippen LogP contribution in [-0.4, -0.2) is 17.1 Å². The molecule has 1 atom stereocenters. The molecule has 21 heavy (non-hydrogen) atoms. The molecule has 3 heteroatoms. The lowest BCUT2D eigenvalue weighted by Gasteiger charge is -2.37. The van der Waals surface area contributed by atoms with Gasteiger partial charge < -0.3 is 9.73 Å². The van der Waals surface area contributed by atoms with E-state index in [-0.39, 0.29) is 5.54 Å². The van der Waals surface area contributed by atoms with Crippen LogP contribution in [0.3, 0.4) is 0 Å². The fourth-order valence-electron chi connectivity index (χ4n) is 3.33. The van der Waals surface area contributed by atoms with Gasteiger partial charge in [0.1, 0.15) is 5.76 Å². The Balaban J connectivity index is 1.86. The summed E-state index contributed by atoms with van der Waals surface area (Å²) in [5.74, 6) is 2.56. The van der Waals surface area contributed by atoms with Crippen molar-refractivity contribution >= 4 is 0 Å². The number of hydrogen-bond donors (Lipinski definition) is 1. The molecule has 0 aromatic carbocycles. The van der Waals surface area contributed by atoms with E-state index in [2.05, 4.69) is 44.9 Å². The summed E-state index contributed by atoms with van der Waals surface area (Å²) in [6.07, 6.45) is 9.19. The highest BCUT2D eigenvalue weighted by Crippen LogP contribution is 2.46. The van der Waals surface area contributed by atoms with Crippen LogP contribution in [-0.2, 0) is 6.42 Å².